The number of ether oxygens (including phenoxy) is 1. The van der Waals surface area contributed by atoms with Crippen molar-refractivity contribution in [3.8, 4) is 11.8 Å². The number of nitriles is 1. The van der Waals surface area contributed by atoms with E-state index < -0.39 is 0 Å². The lowest BCUT2D eigenvalue weighted by atomic mass is 10.1. The molecule has 3 aromatic rings. The molecule has 0 saturated carbocycles. The Hall–Kier alpha value is -3.31. The summed E-state index contributed by atoms with van der Waals surface area (Å²) in [5.74, 6) is 2.09. The fourth-order valence-corrected chi connectivity index (χ4v) is 2.68. The molecule has 0 aliphatic rings. The van der Waals surface area contributed by atoms with Crippen LogP contribution >= 0.6 is 12.2 Å². The third-order valence-electron chi connectivity index (χ3n) is 3.85. The average Bonchev–Trinajstić information content (AvgIpc) is 3.22. The second-order valence-corrected chi connectivity index (χ2v) is 6.08. The lowest BCUT2D eigenvalue weighted by molar-refractivity contribution is 0.415. The SMILES string of the molecule is COc1ccc2nc(NCCNC(=S)NCc3ccco3)c(C#N)cc2c1. The van der Waals surface area contributed by atoms with Gasteiger partial charge in [0.2, 0.25) is 0 Å². The topological polar surface area (TPSA) is 95.1 Å². The van der Waals surface area contributed by atoms with Crippen LogP contribution in [0, 0.1) is 11.3 Å². The zero-order valence-electron chi connectivity index (χ0n) is 14.8. The Balaban J connectivity index is 1.53. The number of nitrogens with one attached hydrogen (secondary N) is 3. The largest absolute Gasteiger partial charge is 0.497 e. The van der Waals surface area contributed by atoms with Crippen molar-refractivity contribution in [2.75, 3.05) is 25.5 Å². The molecule has 27 heavy (non-hydrogen) atoms. The summed E-state index contributed by atoms with van der Waals surface area (Å²) in [6, 6.07) is 13.3. The van der Waals surface area contributed by atoms with E-state index >= 15 is 0 Å². The van der Waals surface area contributed by atoms with Crippen molar-refractivity contribution in [3.05, 3.63) is 54.0 Å². The number of nitrogens with zero attached hydrogens (tertiary/aromatic N) is 2. The summed E-state index contributed by atoms with van der Waals surface area (Å²) in [5.41, 5.74) is 1.27. The third kappa shape index (κ3) is 4.86. The number of hydrogen-bond acceptors (Lipinski definition) is 6. The van der Waals surface area contributed by atoms with E-state index in [1.807, 2.05) is 30.3 Å². The first-order chi connectivity index (χ1) is 13.2. The van der Waals surface area contributed by atoms with Crippen LogP contribution in [-0.2, 0) is 6.54 Å². The molecule has 0 aliphatic heterocycles. The minimum absolute atomic E-state index is 0.481. The molecule has 3 N–H and O–H groups in total. The van der Waals surface area contributed by atoms with E-state index in [-0.39, 0.29) is 0 Å². The Labute approximate surface area is 162 Å². The highest BCUT2D eigenvalue weighted by Gasteiger charge is 2.07. The van der Waals surface area contributed by atoms with Gasteiger partial charge in [-0.05, 0) is 48.6 Å². The van der Waals surface area contributed by atoms with Crippen LogP contribution < -0.4 is 20.7 Å². The molecule has 2 aromatic heterocycles. The minimum atomic E-state index is 0.481. The number of thiocarbonyl (C=S) groups is 1. The van der Waals surface area contributed by atoms with Crippen molar-refractivity contribution in [2.45, 2.75) is 6.54 Å². The highest BCUT2D eigenvalue weighted by molar-refractivity contribution is 7.80. The van der Waals surface area contributed by atoms with Crippen molar-refractivity contribution in [2.24, 2.45) is 0 Å². The first-order valence-electron chi connectivity index (χ1n) is 8.36. The molecule has 138 valence electrons. The summed E-state index contributed by atoms with van der Waals surface area (Å²) >= 11 is 5.22. The Bertz CT molecular complexity index is 966. The predicted molar refractivity (Wildman–Crippen MR) is 108 cm³/mol. The lowest BCUT2D eigenvalue weighted by Gasteiger charge is -2.12. The quantitative estimate of drug-likeness (QED) is 0.425. The number of pyridine rings is 1. The fourth-order valence-electron chi connectivity index (χ4n) is 2.50. The third-order valence-corrected chi connectivity index (χ3v) is 4.14. The molecule has 0 spiro atoms. The first kappa shape index (κ1) is 18.5. The van der Waals surface area contributed by atoms with Gasteiger partial charge in [-0.3, -0.25) is 0 Å². The number of fused-ring (bicyclic) bond motifs is 1. The van der Waals surface area contributed by atoms with Crippen molar-refractivity contribution in [1.29, 1.82) is 5.26 Å². The van der Waals surface area contributed by atoms with E-state index in [4.69, 9.17) is 21.4 Å². The summed E-state index contributed by atoms with van der Waals surface area (Å²) in [6.45, 7) is 1.67. The molecular weight excluding hydrogens is 362 g/mol. The Kier molecular flexibility index (Phi) is 6.07. The zero-order chi connectivity index (χ0) is 19.1. The van der Waals surface area contributed by atoms with Gasteiger partial charge in [0.15, 0.2) is 5.11 Å². The molecule has 7 nitrogen and oxygen atoms in total. The average molecular weight is 381 g/mol. The second-order valence-electron chi connectivity index (χ2n) is 5.67. The molecule has 0 unspecified atom stereocenters. The van der Waals surface area contributed by atoms with Gasteiger partial charge in [-0.2, -0.15) is 5.26 Å². The van der Waals surface area contributed by atoms with Crippen LogP contribution in [0.3, 0.4) is 0 Å². The van der Waals surface area contributed by atoms with E-state index in [1.54, 1.807) is 19.4 Å². The van der Waals surface area contributed by atoms with Gasteiger partial charge in [-0.25, -0.2) is 4.98 Å². The Morgan fingerprint density at radius 1 is 1.26 bits per heavy atom. The molecule has 1 aromatic carbocycles. The zero-order valence-corrected chi connectivity index (χ0v) is 15.6. The van der Waals surface area contributed by atoms with Crippen LogP contribution in [0.4, 0.5) is 5.82 Å². The number of furan rings is 1. The standard InChI is InChI=1S/C19H19N5O2S/c1-25-15-4-5-17-13(10-15)9-14(11-20)18(24-17)21-6-7-22-19(27)23-12-16-3-2-8-26-16/h2-5,8-10H,6-7,12H2,1H3,(H,21,24)(H2,22,23,27). The number of methoxy groups -OCH3 is 1. The molecule has 0 amide bonds. The molecule has 0 fully saturated rings. The monoisotopic (exact) mass is 381 g/mol. The van der Waals surface area contributed by atoms with Crippen LogP contribution in [0.25, 0.3) is 10.9 Å². The van der Waals surface area contributed by atoms with Gasteiger partial charge in [0.1, 0.15) is 23.4 Å². The van der Waals surface area contributed by atoms with E-state index in [1.165, 1.54) is 0 Å². The summed E-state index contributed by atoms with van der Waals surface area (Å²) < 4.78 is 10.4. The summed E-state index contributed by atoms with van der Waals surface area (Å²) in [6.07, 6.45) is 1.62. The molecule has 3 rings (SSSR count). The maximum absolute atomic E-state index is 9.39. The van der Waals surface area contributed by atoms with Gasteiger partial charge in [-0.1, -0.05) is 0 Å². The molecule has 2 heterocycles. The van der Waals surface area contributed by atoms with E-state index in [0.29, 0.717) is 36.1 Å². The number of rotatable bonds is 7. The lowest BCUT2D eigenvalue weighted by Crippen LogP contribution is -2.37. The summed E-state index contributed by atoms with van der Waals surface area (Å²) in [7, 11) is 1.61. The van der Waals surface area contributed by atoms with Crippen molar-refractivity contribution in [1.82, 2.24) is 15.6 Å². The van der Waals surface area contributed by atoms with E-state index in [9.17, 15) is 5.26 Å². The predicted octanol–water partition coefficient (Wildman–Crippen LogP) is 2.78. The number of benzene rings is 1. The minimum Gasteiger partial charge on any atom is -0.497 e. The van der Waals surface area contributed by atoms with Gasteiger partial charge < -0.3 is 25.1 Å². The van der Waals surface area contributed by atoms with Crippen molar-refractivity contribution >= 4 is 34.1 Å². The van der Waals surface area contributed by atoms with Gasteiger partial charge in [0.25, 0.3) is 0 Å². The van der Waals surface area contributed by atoms with Crippen molar-refractivity contribution in [3.63, 3.8) is 0 Å². The number of anilines is 1. The van der Waals surface area contributed by atoms with E-state index in [2.05, 4.69) is 27.0 Å². The van der Waals surface area contributed by atoms with Crippen LogP contribution in [-0.4, -0.2) is 30.3 Å². The highest BCUT2D eigenvalue weighted by Crippen LogP contribution is 2.23. The van der Waals surface area contributed by atoms with Crippen LogP contribution in [0.1, 0.15) is 11.3 Å². The van der Waals surface area contributed by atoms with Crippen LogP contribution in [0.2, 0.25) is 0 Å². The molecule has 8 heteroatoms. The maximum Gasteiger partial charge on any atom is 0.166 e. The van der Waals surface area contributed by atoms with Gasteiger partial charge in [0, 0.05) is 18.5 Å². The van der Waals surface area contributed by atoms with E-state index in [0.717, 1.165) is 22.4 Å². The molecule has 0 radical (unpaired) electrons. The van der Waals surface area contributed by atoms with Crippen LogP contribution in [0.15, 0.2) is 47.1 Å². The fraction of sp³-hybridized carbons (Fsp3) is 0.211. The molecule has 0 bridgehead atoms. The Morgan fingerprint density at radius 2 is 2.15 bits per heavy atom. The van der Waals surface area contributed by atoms with Gasteiger partial charge >= 0.3 is 0 Å². The van der Waals surface area contributed by atoms with Crippen molar-refractivity contribution < 1.29 is 9.15 Å². The van der Waals surface area contributed by atoms with Gasteiger partial charge in [0.05, 0.1) is 31.0 Å². The smallest absolute Gasteiger partial charge is 0.166 e. The molecule has 0 atom stereocenters. The first-order valence-corrected chi connectivity index (χ1v) is 8.77. The Morgan fingerprint density at radius 3 is 2.89 bits per heavy atom. The van der Waals surface area contributed by atoms with Gasteiger partial charge in [-0.15, -0.1) is 0 Å². The number of hydrogen-bond donors (Lipinski definition) is 3. The molecule has 0 aliphatic carbocycles. The maximum atomic E-state index is 9.39. The summed E-state index contributed by atoms with van der Waals surface area (Å²) in [4.78, 5) is 4.53. The molecule has 0 saturated heterocycles. The number of aromatic nitrogens is 1. The molecular formula is C19H19N5O2S. The van der Waals surface area contributed by atoms with Crippen LogP contribution in [0.5, 0.6) is 5.75 Å². The highest BCUT2D eigenvalue weighted by atomic mass is 32.1. The summed E-state index contributed by atoms with van der Waals surface area (Å²) in [5, 5.41) is 20.1. The second kappa shape index (κ2) is 8.87. The normalized spacial score (nSPS) is 10.2.